The Bertz CT molecular complexity index is 1790. The number of Topliss-reactive ketones (excluding diaryl/α,β-unsaturated/α-hetero) is 2. The number of rotatable bonds is 6. The topological polar surface area (TPSA) is 199 Å². The highest BCUT2D eigenvalue weighted by molar-refractivity contribution is 5.98. The molecule has 0 radical (unpaired) electrons. The Morgan fingerprint density at radius 1 is 0.815 bits per heavy atom. The molecule has 1 saturated carbocycles. The van der Waals surface area contributed by atoms with Crippen molar-refractivity contribution in [3.05, 3.63) is 47.6 Å². The maximum atomic E-state index is 14.4. The number of piperidine rings is 1. The van der Waals surface area contributed by atoms with Gasteiger partial charge in [-0.25, -0.2) is 4.79 Å². The number of nitrogens with zero attached hydrogens (tertiary/aromatic N) is 1. The van der Waals surface area contributed by atoms with E-state index in [-0.39, 0.29) is 60.6 Å². The highest BCUT2D eigenvalue weighted by Crippen LogP contribution is 2.52. The van der Waals surface area contributed by atoms with Crippen LogP contribution < -0.4 is 0 Å². The molecular formula is C51H79NO13. The molecule has 4 heterocycles. The van der Waals surface area contributed by atoms with Gasteiger partial charge in [-0.15, -0.1) is 0 Å². The van der Waals surface area contributed by atoms with E-state index in [0.29, 0.717) is 51.4 Å². The molecule has 1 aliphatic carbocycles. The zero-order valence-electron chi connectivity index (χ0n) is 40.5. The molecule has 1 unspecified atom stereocenters. The number of fused-ring (bicyclic) bond motifs is 5. The minimum absolute atomic E-state index is 0.0176. The molecule has 4 N–H and O–H groups in total. The molecule has 4 bridgehead atoms. The van der Waals surface area contributed by atoms with Crippen LogP contribution in [0.25, 0.3) is 0 Å². The van der Waals surface area contributed by atoms with Crippen molar-refractivity contribution in [2.45, 2.75) is 192 Å². The number of methoxy groups -OCH3 is 3. The molecule has 17 atom stereocenters. The number of hydrogen-bond donors (Lipinski definition) is 4. The van der Waals surface area contributed by atoms with Crippen molar-refractivity contribution in [2.75, 3.05) is 21.3 Å². The van der Waals surface area contributed by atoms with Gasteiger partial charge in [0, 0.05) is 58.3 Å². The summed E-state index contributed by atoms with van der Waals surface area (Å²) in [6.45, 7) is 13.2. The zero-order valence-corrected chi connectivity index (χ0v) is 40.5. The van der Waals surface area contributed by atoms with Gasteiger partial charge < -0.3 is 49.0 Å². The highest BCUT2D eigenvalue weighted by atomic mass is 16.7. The number of ketones is 2. The summed E-state index contributed by atoms with van der Waals surface area (Å²) in [6.07, 6.45) is 11.4. The van der Waals surface area contributed by atoms with Crippen molar-refractivity contribution >= 4 is 23.4 Å². The lowest BCUT2D eigenvalue weighted by Crippen LogP contribution is -2.88. The molecule has 5 rings (SSSR count). The maximum Gasteiger partial charge on any atom is 0.331 e. The minimum atomic E-state index is -2.40. The average molecular weight is 914 g/mol. The number of carbonyl (C=O) groups excluding carboxylic acids is 4. The van der Waals surface area contributed by atoms with Gasteiger partial charge in [-0.2, -0.15) is 0 Å². The third-order valence-corrected chi connectivity index (χ3v) is 15.3. The number of carbonyl (C=O) groups is 4. The first kappa shape index (κ1) is 52.9. The minimum Gasteiger partial charge on any atom is -0.460 e. The van der Waals surface area contributed by atoms with E-state index in [4.69, 9.17) is 23.7 Å². The summed E-state index contributed by atoms with van der Waals surface area (Å²) < 4.78 is 29.7. The summed E-state index contributed by atoms with van der Waals surface area (Å²) in [7, 11) is 4.68. The van der Waals surface area contributed by atoms with Crippen LogP contribution in [0, 0.1) is 35.5 Å². The van der Waals surface area contributed by atoms with E-state index < -0.39 is 83.8 Å². The number of β-lactam (4-membered cyclic amide) rings is 1. The molecule has 0 aromatic carbocycles. The van der Waals surface area contributed by atoms with Gasteiger partial charge in [0.2, 0.25) is 11.4 Å². The summed E-state index contributed by atoms with van der Waals surface area (Å²) >= 11 is 0. The molecule has 5 aliphatic rings. The normalized spacial score (nSPS) is 43.3. The van der Waals surface area contributed by atoms with E-state index >= 15 is 0 Å². The fourth-order valence-corrected chi connectivity index (χ4v) is 11.2. The Hall–Kier alpha value is -3.08. The number of esters is 1. The molecule has 0 aromatic rings. The number of aliphatic hydroxyl groups is 4. The number of cyclic esters (lactones) is 1. The van der Waals surface area contributed by atoms with Crippen LogP contribution in [0.2, 0.25) is 0 Å². The van der Waals surface area contributed by atoms with Gasteiger partial charge in [-0.05, 0) is 95.0 Å². The molecule has 1 amide bonds. The molecule has 14 heteroatoms. The summed E-state index contributed by atoms with van der Waals surface area (Å²) in [5.74, 6) is -6.03. The second-order valence-electron chi connectivity index (χ2n) is 20.3. The molecular weight excluding hydrogens is 835 g/mol. The third kappa shape index (κ3) is 11.8. The van der Waals surface area contributed by atoms with Gasteiger partial charge >= 0.3 is 5.97 Å². The first-order chi connectivity index (χ1) is 30.7. The molecule has 4 aliphatic heterocycles. The Morgan fingerprint density at radius 2 is 1.51 bits per heavy atom. The molecule has 4 fully saturated rings. The van der Waals surface area contributed by atoms with Crippen LogP contribution in [0.1, 0.15) is 126 Å². The second kappa shape index (κ2) is 22.8. The lowest BCUT2D eigenvalue weighted by molar-refractivity contribution is -0.377. The van der Waals surface area contributed by atoms with Crippen LogP contribution in [-0.4, -0.2) is 136 Å². The van der Waals surface area contributed by atoms with Crippen LogP contribution in [0.3, 0.4) is 0 Å². The predicted octanol–water partition coefficient (Wildman–Crippen LogP) is 5.72. The van der Waals surface area contributed by atoms with E-state index in [1.165, 1.54) is 7.11 Å². The van der Waals surface area contributed by atoms with Gasteiger partial charge in [-0.3, -0.25) is 14.4 Å². The lowest BCUT2D eigenvalue weighted by Gasteiger charge is -2.64. The maximum absolute atomic E-state index is 14.4. The molecule has 0 aromatic heterocycles. The van der Waals surface area contributed by atoms with Crippen molar-refractivity contribution in [1.29, 1.82) is 0 Å². The molecule has 65 heavy (non-hydrogen) atoms. The first-order valence-electron chi connectivity index (χ1n) is 24.1. The van der Waals surface area contributed by atoms with E-state index in [9.17, 15) is 39.6 Å². The fourth-order valence-electron chi connectivity index (χ4n) is 11.2. The second-order valence-corrected chi connectivity index (χ2v) is 20.3. The Morgan fingerprint density at radius 3 is 2.18 bits per heavy atom. The van der Waals surface area contributed by atoms with Crippen molar-refractivity contribution in [3.8, 4) is 0 Å². The van der Waals surface area contributed by atoms with Crippen LogP contribution in [0.4, 0.5) is 0 Å². The first-order valence-corrected chi connectivity index (χ1v) is 24.1. The zero-order chi connectivity index (χ0) is 48.0. The van der Waals surface area contributed by atoms with Crippen LogP contribution in [-0.2, 0) is 42.9 Å². The van der Waals surface area contributed by atoms with Crippen molar-refractivity contribution < 1.29 is 63.3 Å². The van der Waals surface area contributed by atoms with Gasteiger partial charge in [0.25, 0.3) is 5.91 Å². The van der Waals surface area contributed by atoms with Crippen molar-refractivity contribution in [2.24, 2.45) is 35.5 Å². The van der Waals surface area contributed by atoms with Crippen LogP contribution >= 0.6 is 0 Å². The SMILES string of the molecule is CO[C@H]1C[C@@H]2CC[C@@H](C)[C@@](O)(O2)[C@]2(O)C(=O)N3[C@H](C(=O)O[C@H]([C@H](C)C[C@@H]4CC[C@@H](O)[C@H](OC)C4)CC(=O)[C@H](C)/C=C(\C)C[C@@H](OC)C(=O)[C@H](C)C[C@H](C)/C=C/C=C/C=C1C)C(O)CC[C@@H]32. The van der Waals surface area contributed by atoms with Crippen LogP contribution in [0.5, 0.6) is 0 Å². The fraction of sp³-hybridized carbons (Fsp3) is 0.765. The van der Waals surface area contributed by atoms with E-state index in [1.54, 1.807) is 28.1 Å². The smallest absolute Gasteiger partial charge is 0.331 e. The van der Waals surface area contributed by atoms with E-state index in [1.807, 2.05) is 58.1 Å². The summed E-state index contributed by atoms with van der Waals surface area (Å²) in [5.41, 5.74) is -0.695. The van der Waals surface area contributed by atoms with Gasteiger partial charge in [0.15, 0.2) is 11.8 Å². The highest BCUT2D eigenvalue weighted by Gasteiger charge is 2.76. The van der Waals surface area contributed by atoms with Gasteiger partial charge in [0.1, 0.15) is 18.0 Å². The summed E-state index contributed by atoms with van der Waals surface area (Å²) in [6, 6.07) is -2.56. The standard InChI is InChI=1S/C51H79NO13/c1-29-14-12-11-13-15-31(3)41(61-8)27-37-18-16-35(7)51(60,65-37)50(59)45-21-20-39(54)46(52(45)49(50)58)48(57)64-42(33(5)25-36-17-19-38(53)43(26-36)62-9)28-40(55)32(4)23-30(2)24-44(63-10)47(56)34(6)22-29/h11-15,23,29,32-39,41-46,53-54,59-60H,16-22,24-28H2,1-10H3/b13-11+,14-12+,30-23+,31-15?/t29-,32-,33-,34-,35-,36+,37+,38-,39?,41+,42+,43-,44-,45-,46+,50-,51-/m1/s1. The largest absolute Gasteiger partial charge is 0.460 e. The quantitative estimate of drug-likeness (QED) is 0.143. The van der Waals surface area contributed by atoms with Crippen molar-refractivity contribution in [1.82, 2.24) is 4.90 Å². The van der Waals surface area contributed by atoms with Gasteiger partial charge in [-0.1, -0.05) is 76.6 Å². The molecule has 366 valence electrons. The lowest BCUT2D eigenvalue weighted by atomic mass is 9.64. The Labute approximate surface area is 386 Å². The molecule has 0 spiro atoms. The predicted molar refractivity (Wildman–Crippen MR) is 244 cm³/mol. The van der Waals surface area contributed by atoms with Crippen molar-refractivity contribution in [3.63, 3.8) is 0 Å². The molecule has 3 saturated heterocycles. The molecule has 14 nitrogen and oxygen atoms in total. The number of amides is 1. The van der Waals surface area contributed by atoms with Crippen LogP contribution in [0.15, 0.2) is 47.6 Å². The summed E-state index contributed by atoms with van der Waals surface area (Å²) in [5, 5.41) is 46.6. The third-order valence-electron chi connectivity index (χ3n) is 15.3. The number of aliphatic hydroxyl groups excluding tert-OH is 2. The number of ether oxygens (including phenoxy) is 5. The Kier molecular flexibility index (Phi) is 18.6. The van der Waals surface area contributed by atoms with E-state index in [0.717, 1.165) is 22.5 Å². The number of hydrogen-bond acceptors (Lipinski definition) is 13. The monoisotopic (exact) mass is 914 g/mol. The number of allylic oxidation sites excluding steroid dienone is 6. The Balaban J connectivity index is 1.48. The van der Waals surface area contributed by atoms with Gasteiger partial charge in [0.05, 0.1) is 36.6 Å². The van der Waals surface area contributed by atoms with E-state index in [2.05, 4.69) is 13.0 Å². The summed E-state index contributed by atoms with van der Waals surface area (Å²) in [4.78, 5) is 57.7. The average Bonchev–Trinajstić information content (AvgIpc) is 3.27.